The van der Waals surface area contributed by atoms with Crippen molar-refractivity contribution in [3.05, 3.63) is 69.7 Å². The lowest BCUT2D eigenvalue weighted by molar-refractivity contribution is 0.104. The minimum absolute atomic E-state index is 0.0320. The van der Waals surface area contributed by atoms with Crippen LogP contribution in [-0.2, 0) is 0 Å². The van der Waals surface area contributed by atoms with E-state index < -0.39 is 0 Å². The lowest BCUT2D eigenvalue weighted by Crippen LogP contribution is -2.01. The molecule has 0 fully saturated rings. The lowest BCUT2D eigenvalue weighted by atomic mass is 10.1. The fourth-order valence-corrected chi connectivity index (χ4v) is 3.62. The third kappa shape index (κ3) is 4.02. The number of fused-ring (bicyclic) bond motifs is 1. The first kappa shape index (κ1) is 16.2. The molecule has 6 heteroatoms. The second-order valence-electron chi connectivity index (χ2n) is 4.70. The van der Waals surface area contributed by atoms with Crippen LogP contribution in [0.4, 0.5) is 5.13 Å². The number of halogens is 1. The van der Waals surface area contributed by atoms with Crippen molar-refractivity contribution in [2.24, 2.45) is 0 Å². The Bertz CT molecular complexity index is 839. The Morgan fingerprint density at radius 3 is 2.65 bits per heavy atom. The molecule has 0 saturated heterocycles. The highest BCUT2D eigenvalue weighted by Gasteiger charge is 2.08. The third-order valence-electron chi connectivity index (χ3n) is 3.13. The number of benzene rings is 2. The van der Waals surface area contributed by atoms with E-state index in [9.17, 15) is 4.79 Å². The Hall–Kier alpha value is -1.63. The van der Waals surface area contributed by atoms with E-state index in [0.717, 1.165) is 24.8 Å². The van der Waals surface area contributed by atoms with Gasteiger partial charge in [-0.05, 0) is 42.7 Å². The summed E-state index contributed by atoms with van der Waals surface area (Å²) < 4.78 is 2.07. The summed E-state index contributed by atoms with van der Waals surface area (Å²) in [5, 5.41) is 4.79. The van der Waals surface area contributed by atoms with E-state index in [1.165, 1.54) is 11.8 Å². The Labute approximate surface area is 151 Å². The molecule has 0 aliphatic heterocycles. The van der Waals surface area contributed by atoms with Crippen molar-refractivity contribution in [3.8, 4) is 0 Å². The first-order valence-electron chi connectivity index (χ1n) is 6.84. The standard InChI is InChI=1S/C17H13BrN2OS2/c1-22-16(10-14(21)11-6-8-12(18)9-7-11)20-17-19-13-4-2-3-5-15(13)23-17/h2-10H,1H3,(H,19,20)/b16-10+. The van der Waals surface area contributed by atoms with Gasteiger partial charge in [-0.15, -0.1) is 11.8 Å². The number of thioether (sulfide) groups is 1. The molecule has 23 heavy (non-hydrogen) atoms. The van der Waals surface area contributed by atoms with Gasteiger partial charge in [0.25, 0.3) is 0 Å². The maximum Gasteiger partial charge on any atom is 0.188 e. The smallest absolute Gasteiger partial charge is 0.188 e. The molecule has 0 unspecified atom stereocenters. The molecular weight excluding hydrogens is 392 g/mol. The van der Waals surface area contributed by atoms with Crippen LogP contribution in [0.1, 0.15) is 10.4 Å². The van der Waals surface area contributed by atoms with E-state index in [1.54, 1.807) is 29.5 Å². The average Bonchev–Trinajstić information content (AvgIpc) is 2.97. The molecule has 1 heterocycles. The largest absolute Gasteiger partial charge is 0.326 e. The highest BCUT2D eigenvalue weighted by Crippen LogP contribution is 2.28. The molecule has 0 saturated carbocycles. The number of hydrogen-bond acceptors (Lipinski definition) is 5. The molecule has 1 aromatic heterocycles. The number of anilines is 1. The Morgan fingerprint density at radius 2 is 1.96 bits per heavy atom. The number of nitrogens with one attached hydrogen (secondary N) is 1. The molecule has 1 N–H and O–H groups in total. The molecule has 3 nitrogen and oxygen atoms in total. The lowest BCUT2D eigenvalue weighted by Gasteiger charge is -2.05. The molecule has 0 radical (unpaired) electrons. The fourth-order valence-electron chi connectivity index (χ4n) is 1.99. The molecule has 3 rings (SSSR count). The van der Waals surface area contributed by atoms with Crippen LogP contribution in [0.25, 0.3) is 10.2 Å². The van der Waals surface area contributed by atoms with E-state index in [4.69, 9.17) is 0 Å². The third-order valence-corrected chi connectivity index (χ3v) is 5.28. The maximum atomic E-state index is 12.3. The normalized spacial score (nSPS) is 11.7. The molecule has 0 amide bonds. The van der Waals surface area contributed by atoms with Gasteiger partial charge in [0.05, 0.1) is 15.2 Å². The molecule has 0 aliphatic carbocycles. The quantitative estimate of drug-likeness (QED) is 0.446. The number of allylic oxidation sites excluding steroid dienone is 1. The summed E-state index contributed by atoms with van der Waals surface area (Å²) >= 11 is 6.43. The van der Waals surface area contributed by atoms with Crippen molar-refractivity contribution < 1.29 is 4.79 Å². The first-order chi connectivity index (χ1) is 11.2. The van der Waals surface area contributed by atoms with E-state index in [-0.39, 0.29) is 5.78 Å². The van der Waals surface area contributed by atoms with E-state index >= 15 is 0 Å². The van der Waals surface area contributed by atoms with Gasteiger partial charge in [0.2, 0.25) is 0 Å². The number of thiazole rings is 1. The predicted molar refractivity (Wildman–Crippen MR) is 103 cm³/mol. The van der Waals surface area contributed by atoms with Crippen LogP contribution < -0.4 is 5.32 Å². The Balaban J connectivity index is 1.81. The zero-order chi connectivity index (χ0) is 16.2. The molecular formula is C17H13BrN2OS2. The number of para-hydroxylation sites is 1. The number of hydrogen-bond donors (Lipinski definition) is 1. The number of ketones is 1. The molecule has 0 atom stereocenters. The van der Waals surface area contributed by atoms with Gasteiger partial charge in [0.1, 0.15) is 0 Å². The van der Waals surface area contributed by atoms with Crippen molar-refractivity contribution in [1.82, 2.24) is 4.98 Å². The molecule has 3 aromatic rings. The van der Waals surface area contributed by atoms with Crippen LogP contribution >= 0.6 is 39.0 Å². The van der Waals surface area contributed by atoms with E-state index in [2.05, 4.69) is 26.2 Å². The number of rotatable bonds is 5. The summed E-state index contributed by atoms with van der Waals surface area (Å²) in [6.07, 6.45) is 3.54. The van der Waals surface area contributed by atoms with Gasteiger partial charge >= 0.3 is 0 Å². The summed E-state index contributed by atoms with van der Waals surface area (Å²) in [6.45, 7) is 0. The number of carbonyl (C=O) groups excluding carboxylic acids is 1. The van der Waals surface area contributed by atoms with Crippen LogP contribution in [0.15, 0.2) is 64.1 Å². The van der Waals surface area contributed by atoms with Gasteiger partial charge in [0.15, 0.2) is 10.9 Å². The van der Waals surface area contributed by atoms with Crippen molar-refractivity contribution in [1.29, 1.82) is 0 Å². The van der Waals surface area contributed by atoms with Gasteiger partial charge < -0.3 is 5.32 Å². The summed E-state index contributed by atoms with van der Waals surface area (Å²) in [5.74, 6) is -0.0320. The van der Waals surface area contributed by atoms with Crippen molar-refractivity contribution in [3.63, 3.8) is 0 Å². The van der Waals surface area contributed by atoms with E-state index in [1.807, 2.05) is 42.7 Å². The highest BCUT2D eigenvalue weighted by atomic mass is 79.9. The van der Waals surface area contributed by atoms with Gasteiger partial charge in [-0.25, -0.2) is 4.98 Å². The minimum Gasteiger partial charge on any atom is -0.326 e. The minimum atomic E-state index is -0.0320. The van der Waals surface area contributed by atoms with Gasteiger partial charge in [0, 0.05) is 16.1 Å². The zero-order valence-electron chi connectivity index (χ0n) is 12.2. The zero-order valence-corrected chi connectivity index (χ0v) is 15.5. The van der Waals surface area contributed by atoms with Crippen molar-refractivity contribution in [2.75, 3.05) is 11.6 Å². The molecule has 116 valence electrons. The fraction of sp³-hybridized carbons (Fsp3) is 0.0588. The molecule has 0 aliphatic rings. The van der Waals surface area contributed by atoms with Crippen LogP contribution in [0.5, 0.6) is 0 Å². The van der Waals surface area contributed by atoms with Gasteiger partial charge in [-0.1, -0.05) is 39.4 Å². The number of nitrogens with zero attached hydrogens (tertiary/aromatic N) is 1. The van der Waals surface area contributed by atoms with Crippen LogP contribution in [0, 0.1) is 0 Å². The topological polar surface area (TPSA) is 42.0 Å². The Morgan fingerprint density at radius 1 is 1.22 bits per heavy atom. The van der Waals surface area contributed by atoms with Gasteiger partial charge in [-0.2, -0.15) is 0 Å². The second-order valence-corrected chi connectivity index (χ2v) is 7.49. The second kappa shape index (κ2) is 7.29. The summed E-state index contributed by atoms with van der Waals surface area (Å²) in [4.78, 5) is 16.9. The SMILES string of the molecule is CS/C(=C/C(=O)c1ccc(Br)cc1)Nc1nc2ccccc2s1. The van der Waals surface area contributed by atoms with Crippen LogP contribution in [0.3, 0.4) is 0 Å². The van der Waals surface area contributed by atoms with E-state index in [0.29, 0.717) is 5.56 Å². The highest BCUT2D eigenvalue weighted by molar-refractivity contribution is 9.10. The van der Waals surface area contributed by atoms with Crippen molar-refractivity contribution >= 4 is 60.2 Å². The molecule has 0 bridgehead atoms. The first-order valence-corrected chi connectivity index (χ1v) is 9.67. The molecule has 0 spiro atoms. The summed E-state index contributed by atoms with van der Waals surface area (Å²) in [7, 11) is 0. The summed E-state index contributed by atoms with van der Waals surface area (Å²) in [5.41, 5.74) is 1.62. The number of aromatic nitrogens is 1. The van der Waals surface area contributed by atoms with Crippen LogP contribution in [0.2, 0.25) is 0 Å². The maximum absolute atomic E-state index is 12.3. The number of carbonyl (C=O) groups is 1. The summed E-state index contributed by atoms with van der Waals surface area (Å²) in [6, 6.07) is 15.3. The monoisotopic (exact) mass is 404 g/mol. The van der Waals surface area contributed by atoms with Crippen molar-refractivity contribution in [2.45, 2.75) is 0 Å². The average molecular weight is 405 g/mol. The predicted octanol–water partition coefficient (Wildman–Crippen LogP) is 5.56. The molecule has 2 aromatic carbocycles. The Kier molecular flexibility index (Phi) is 5.15. The van der Waals surface area contributed by atoms with Gasteiger partial charge in [-0.3, -0.25) is 4.79 Å². The van der Waals surface area contributed by atoms with Crippen LogP contribution in [-0.4, -0.2) is 17.0 Å².